The number of fused-ring (bicyclic) bond motifs is 1. The van der Waals surface area contributed by atoms with Crippen molar-refractivity contribution in [3.8, 4) is 0 Å². The summed E-state index contributed by atoms with van der Waals surface area (Å²) in [4.78, 5) is 12.2. The van der Waals surface area contributed by atoms with E-state index in [9.17, 15) is 4.79 Å². The van der Waals surface area contributed by atoms with E-state index in [2.05, 4.69) is 35.0 Å². The molecule has 0 saturated carbocycles. The molecule has 128 valence electrons. The minimum Gasteiger partial charge on any atom is -0.344 e. The molecule has 1 aromatic heterocycles. The number of rotatable bonds is 4. The van der Waals surface area contributed by atoms with Crippen LogP contribution in [0.4, 0.5) is 0 Å². The molecule has 0 saturated heterocycles. The van der Waals surface area contributed by atoms with E-state index in [0.717, 1.165) is 16.5 Å². The molecule has 0 spiro atoms. The van der Waals surface area contributed by atoms with E-state index in [1.807, 2.05) is 24.4 Å². The molecule has 0 aliphatic heterocycles. The number of nitrogens with one attached hydrogen (secondary N) is 1. The lowest BCUT2D eigenvalue weighted by Gasteiger charge is -2.08. The van der Waals surface area contributed by atoms with Gasteiger partial charge in [0.2, 0.25) is 0 Å². The summed E-state index contributed by atoms with van der Waals surface area (Å²) < 4.78 is 2.18. The zero-order valence-corrected chi connectivity index (χ0v) is 15.3. The Kier molecular flexibility index (Phi) is 5.11. The van der Waals surface area contributed by atoms with Gasteiger partial charge in [0.05, 0.1) is 16.8 Å². The second-order valence-corrected chi connectivity index (χ2v) is 6.77. The van der Waals surface area contributed by atoms with Gasteiger partial charge < -0.3 is 4.57 Å². The van der Waals surface area contributed by atoms with Crippen LogP contribution in [0.2, 0.25) is 10.0 Å². The van der Waals surface area contributed by atoms with Gasteiger partial charge in [0.15, 0.2) is 0 Å². The third kappa shape index (κ3) is 3.70. The number of para-hydroxylation sites is 1. The number of carbonyl (C=O) groups excluding carboxylic acids is 1. The molecule has 1 N–H and O–H groups in total. The maximum Gasteiger partial charge on any atom is 0.272 e. The predicted molar refractivity (Wildman–Crippen MR) is 104 cm³/mol. The Morgan fingerprint density at radius 3 is 2.68 bits per heavy atom. The van der Waals surface area contributed by atoms with E-state index < -0.39 is 0 Å². The topological polar surface area (TPSA) is 46.4 Å². The van der Waals surface area contributed by atoms with Crippen LogP contribution in [-0.4, -0.2) is 16.7 Å². The third-order valence-electron chi connectivity index (χ3n) is 3.87. The lowest BCUT2D eigenvalue weighted by atomic mass is 10.2. The Labute approximate surface area is 156 Å². The largest absolute Gasteiger partial charge is 0.344 e. The van der Waals surface area contributed by atoms with Crippen molar-refractivity contribution in [1.82, 2.24) is 9.99 Å². The maximum absolute atomic E-state index is 12.2. The Morgan fingerprint density at radius 2 is 1.96 bits per heavy atom. The smallest absolute Gasteiger partial charge is 0.272 e. The van der Waals surface area contributed by atoms with Crippen LogP contribution in [0.1, 0.15) is 35.8 Å². The fourth-order valence-corrected chi connectivity index (χ4v) is 3.15. The molecule has 4 nitrogen and oxygen atoms in total. The molecule has 1 amide bonds. The highest BCUT2D eigenvalue weighted by molar-refractivity contribution is 6.36. The van der Waals surface area contributed by atoms with Crippen LogP contribution < -0.4 is 5.43 Å². The van der Waals surface area contributed by atoms with Crippen molar-refractivity contribution in [2.45, 2.75) is 19.9 Å². The van der Waals surface area contributed by atoms with Gasteiger partial charge in [-0.2, -0.15) is 5.10 Å². The summed E-state index contributed by atoms with van der Waals surface area (Å²) in [5, 5.41) is 5.92. The van der Waals surface area contributed by atoms with Gasteiger partial charge in [-0.1, -0.05) is 41.4 Å². The van der Waals surface area contributed by atoms with Gasteiger partial charge in [-0.3, -0.25) is 4.79 Å². The average molecular weight is 374 g/mol. The van der Waals surface area contributed by atoms with Crippen molar-refractivity contribution < 1.29 is 4.79 Å². The van der Waals surface area contributed by atoms with Crippen molar-refractivity contribution in [1.29, 1.82) is 0 Å². The molecular formula is C19H17Cl2N3O. The summed E-state index contributed by atoms with van der Waals surface area (Å²) in [5.74, 6) is -0.384. The molecule has 25 heavy (non-hydrogen) atoms. The molecule has 0 aliphatic carbocycles. The number of nitrogens with zero attached hydrogens (tertiary/aromatic N) is 2. The van der Waals surface area contributed by atoms with E-state index in [-0.39, 0.29) is 10.9 Å². The molecule has 2 aromatic carbocycles. The van der Waals surface area contributed by atoms with Gasteiger partial charge >= 0.3 is 0 Å². The predicted octanol–water partition coefficient (Wildman–Crippen LogP) is 5.29. The molecule has 0 atom stereocenters. The Hall–Kier alpha value is -2.30. The van der Waals surface area contributed by atoms with Gasteiger partial charge in [-0.15, -0.1) is 0 Å². The minimum absolute atomic E-state index is 0.289. The average Bonchev–Trinajstić information content (AvgIpc) is 2.94. The lowest BCUT2D eigenvalue weighted by Crippen LogP contribution is -2.18. The number of amides is 1. The third-order valence-corrected chi connectivity index (χ3v) is 4.42. The summed E-state index contributed by atoms with van der Waals surface area (Å²) in [7, 11) is 0. The molecule has 3 aromatic rings. The summed E-state index contributed by atoms with van der Waals surface area (Å²) in [6.45, 7) is 4.25. The number of hydrazone groups is 1. The summed E-state index contributed by atoms with van der Waals surface area (Å²) >= 11 is 11.9. The van der Waals surface area contributed by atoms with Crippen LogP contribution >= 0.6 is 23.2 Å². The summed E-state index contributed by atoms with van der Waals surface area (Å²) in [6, 6.07) is 13.1. The van der Waals surface area contributed by atoms with E-state index in [1.165, 1.54) is 6.07 Å². The van der Waals surface area contributed by atoms with Crippen molar-refractivity contribution >= 4 is 46.2 Å². The Bertz CT molecular complexity index is 960. The van der Waals surface area contributed by atoms with Crippen LogP contribution in [0.3, 0.4) is 0 Å². The van der Waals surface area contributed by atoms with Crippen LogP contribution in [0, 0.1) is 0 Å². The second kappa shape index (κ2) is 7.30. The fourth-order valence-electron chi connectivity index (χ4n) is 2.66. The van der Waals surface area contributed by atoms with E-state index in [0.29, 0.717) is 16.6 Å². The van der Waals surface area contributed by atoms with Crippen LogP contribution in [0.5, 0.6) is 0 Å². The molecule has 0 bridgehead atoms. The molecule has 1 heterocycles. The summed E-state index contributed by atoms with van der Waals surface area (Å²) in [6.07, 6.45) is 3.67. The van der Waals surface area contributed by atoms with E-state index in [4.69, 9.17) is 23.2 Å². The van der Waals surface area contributed by atoms with Crippen molar-refractivity contribution in [2.24, 2.45) is 5.10 Å². The normalized spacial score (nSPS) is 11.6. The zero-order valence-electron chi connectivity index (χ0n) is 13.8. The SMILES string of the molecule is CC(C)n1cc(/C=N\NC(=O)c2ccc(Cl)cc2Cl)c2ccccc21. The Morgan fingerprint density at radius 1 is 1.20 bits per heavy atom. The van der Waals surface area contributed by atoms with Crippen molar-refractivity contribution in [3.05, 3.63) is 69.8 Å². The van der Waals surface area contributed by atoms with Gasteiger partial charge in [0, 0.05) is 33.7 Å². The highest BCUT2D eigenvalue weighted by Crippen LogP contribution is 2.23. The van der Waals surface area contributed by atoms with E-state index >= 15 is 0 Å². The molecule has 0 radical (unpaired) electrons. The quantitative estimate of drug-likeness (QED) is 0.489. The zero-order chi connectivity index (χ0) is 18.0. The van der Waals surface area contributed by atoms with Crippen LogP contribution in [0.25, 0.3) is 10.9 Å². The number of halogens is 2. The number of aromatic nitrogens is 1. The minimum atomic E-state index is -0.384. The van der Waals surface area contributed by atoms with Gasteiger partial charge in [0.25, 0.3) is 5.91 Å². The standard InChI is InChI=1S/C19H17Cl2N3O/c1-12(2)24-11-13(15-5-3-4-6-18(15)24)10-22-23-19(25)16-8-7-14(20)9-17(16)21/h3-12H,1-2H3,(H,23,25)/b22-10-. The first-order valence-electron chi connectivity index (χ1n) is 7.85. The second-order valence-electron chi connectivity index (χ2n) is 5.93. The van der Waals surface area contributed by atoms with Gasteiger partial charge in [-0.25, -0.2) is 5.43 Å². The van der Waals surface area contributed by atoms with Crippen molar-refractivity contribution in [2.75, 3.05) is 0 Å². The fraction of sp³-hybridized carbons (Fsp3) is 0.158. The highest BCUT2D eigenvalue weighted by atomic mass is 35.5. The van der Waals surface area contributed by atoms with Gasteiger partial charge in [0.1, 0.15) is 0 Å². The van der Waals surface area contributed by atoms with Crippen LogP contribution in [-0.2, 0) is 0 Å². The number of carbonyl (C=O) groups is 1. The highest BCUT2D eigenvalue weighted by Gasteiger charge is 2.11. The number of benzene rings is 2. The number of hydrogen-bond acceptors (Lipinski definition) is 2. The molecule has 0 aliphatic rings. The molecular weight excluding hydrogens is 357 g/mol. The molecule has 6 heteroatoms. The van der Waals surface area contributed by atoms with Crippen LogP contribution in [0.15, 0.2) is 53.8 Å². The monoisotopic (exact) mass is 373 g/mol. The first-order valence-corrected chi connectivity index (χ1v) is 8.61. The Balaban J connectivity index is 1.83. The maximum atomic E-state index is 12.2. The molecule has 0 unspecified atom stereocenters. The summed E-state index contributed by atoms with van der Waals surface area (Å²) in [5.41, 5.74) is 4.90. The number of hydrogen-bond donors (Lipinski definition) is 1. The van der Waals surface area contributed by atoms with E-state index in [1.54, 1.807) is 18.3 Å². The first-order chi connectivity index (χ1) is 12.0. The van der Waals surface area contributed by atoms with Crippen molar-refractivity contribution in [3.63, 3.8) is 0 Å². The van der Waals surface area contributed by atoms with Gasteiger partial charge in [-0.05, 0) is 38.1 Å². The molecule has 3 rings (SSSR count). The lowest BCUT2D eigenvalue weighted by molar-refractivity contribution is 0.0955. The first kappa shape index (κ1) is 17.5. The molecule has 0 fully saturated rings.